The second kappa shape index (κ2) is 5.86. The third kappa shape index (κ3) is 2.62. The number of aromatic amines is 1. The summed E-state index contributed by atoms with van der Waals surface area (Å²) in [6.45, 7) is 6.92. The van der Waals surface area contributed by atoms with E-state index in [0.29, 0.717) is 23.6 Å². The molecule has 3 aromatic heterocycles. The molecule has 0 bridgehead atoms. The molecule has 1 unspecified atom stereocenters. The first kappa shape index (κ1) is 15.1. The lowest BCUT2D eigenvalue weighted by molar-refractivity contribution is 0.306. The summed E-state index contributed by atoms with van der Waals surface area (Å²) in [5.74, 6) is 1.15. The van der Waals surface area contributed by atoms with Crippen molar-refractivity contribution in [1.82, 2.24) is 25.1 Å². The number of thiazole rings is 1. The van der Waals surface area contributed by atoms with Crippen LogP contribution in [0.5, 0.6) is 5.06 Å². The zero-order valence-corrected chi connectivity index (χ0v) is 14.5. The molecule has 0 amide bonds. The van der Waals surface area contributed by atoms with Crippen molar-refractivity contribution in [3.8, 4) is 16.3 Å². The monoisotopic (exact) mass is 342 g/mol. The molecule has 0 saturated carbocycles. The molecule has 0 aromatic carbocycles. The molecule has 3 aromatic rings. The van der Waals surface area contributed by atoms with Crippen molar-refractivity contribution in [1.29, 1.82) is 0 Å². The molecule has 8 heteroatoms. The van der Waals surface area contributed by atoms with Crippen LogP contribution >= 0.6 is 11.3 Å². The summed E-state index contributed by atoms with van der Waals surface area (Å²) >= 11 is 1.46. The first-order valence-corrected chi connectivity index (χ1v) is 8.70. The van der Waals surface area contributed by atoms with Gasteiger partial charge in [0.1, 0.15) is 5.69 Å². The van der Waals surface area contributed by atoms with Gasteiger partial charge in [-0.2, -0.15) is 5.10 Å². The highest BCUT2D eigenvalue weighted by molar-refractivity contribution is 7.17. The van der Waals surface area contributed by atoms with Crippen LogP contribution in [0, 0.1) is 0 Å². The maximum absolute atomic E-state index is 5.91. The van der Waals surface area contributed by atoms with Gasteiger partial charge in [0.05, 0.1) is 18.5 Å². The van der Waals surface area contributed by atoms with Gasteiger partial charge in [-0.3, -0.25) is 10.4 Å². The van der Waals surface area contributed by atoms with Gasteiger partial charge in [-0.15, -0.1) is 0 Å². The molecule has 0 saturated heterocycles. The Balaban J connectivity index is 1.67. The molecule has 1 aliphatic rings. The second-order valence-corrected chi connectivity index (χ2v) is 7.11. The van der Waals surface area contributed by atoms with Gasteiger partial charge < -0.3 is 4.74 Å². The van der Waals surface area contributed by atoms with E-state index < -0.39 is 0 Å². The number of anilines is 2. The third-order valence-corrected chi connectivity index (χ3v) is 4.85. The fraction of sp³-hybridized carbons (Fsp3) is 0.375. The molecule has 124 valence electrons. The number of rotatable bonds is 3. The molecule has 2 N–H and O–H groups in total. The Labute approximate surface area is 143 Å². The minimum absolute atomic E-state index is 0.256. The molecule has 4 heterocycles. The van der Waals surface area contributed by atoms with E-state index in [1.54, 1.807) is 12.4 Å². The number of hydrogen-bond acceptors (Lipinski definition) is 7. The van der Waals surface area contributed by atoms with E-state index >= 15 is 0 Å². The Morgan fingerprint density at radius 3 is 3.08 bits per heavy atom. The minimum Gasteiger partial charge on any atom is -0.482 e. The van der Waals surface area contributed by atoms with E-state index in [1.165, 1.54) is 11.3 Å². The molecule has 1 atom stereocenters. The van der Waals surface area contributed by atoms with Gasteiger partial charge in [0.2, 0.25) is 11.0 Å². The summed E-state index contributed by atoms with van der Waals surface area (Å²) in [5.41, 5.74) is 3.86. The van der Waals surface area contributed by atoms with E-state index in [-0.39, 0.29) is 5.92 Å². The average molecular weight is 342 g/mol. The minimum atomic E-state index is 0.256. The van der Waals surface area contributed by atoms with E-state index in [4.69, 9.17) is 4.74 Å². The van der Waals surface area contributed by atoms with Crippen molar-refractivity contribution in [3.63, 3.8) is 0 Å². The topological polar surface area (TPSA) is 88.6 Å². The van der Waals surface area contributed by atoms with Crippen molar-refractivity contribution < 1.29 is 4.74 Å². The lowest BCUT2D eigenvalue weighted by atomic mass is 10.0. The maximum atomic E-state index is 5.91. The number of hydrogen-bond donors (Lipinski definition) is 2. The number of H-pyrrole nitrogens is 1. The molecule has 0 radical (unpaired) electrons. The van der Waals surface area contributed by atoms with E-state index in [2.05, 4.69) is 51.2 Å². The molecule has 0 aliphatic carbocycles. The number of nitrogens with one attached hydrogen (secondary N) is 2. The zero-order chi connectivity index (χ0) is 16.7. The highest BCUT2D eigenvalue weighted by Crippen LogP contribution is 2.43. The molecule has 7 nitrogen and oxygen atoms in total. The van der Waals surface area contributed by atoms with Crippen LogP contribution in [0.1, 0.15) is 44.0 Å². The number of ether oxygens (including phenoxy) is 1. The maximum Gasteiger partial charge on any atom is 0.229 e. The normalized spacial score (nSPS) is 16.2. The number of aromatic nitrogens is 5. The lowest BCUT2D eigenvalue weighted by Crippen LogP contribution is -2.05. The summed E-state index contributed by atoms with van der Waals surface area (Å²) in [6.07, 6.45) is 3.56. The zero-order valence-electron chi connectivity index (χ0n) is 13.7. The smallest absolute Gasteiger partial charge is 0.229 e. The van der Waals surface area contributed by atoms with Crippen LogP contribution in [-0.2, 0) is 0 Å². The standard InChI is InChI=1S/C16H18N6OS/c1-8(2)11-4-5-17-15(19-11)21-16-20-13-10-6-18-22-12(10)9(3)7-23-14(13)24-16/h4-6,8-9H,7H2,1-3H3,(H,18,22)(H,17,19,20,21). The molecule has 1 aliphatic heterocycles. The molecular formula is C16H18N6OS. The predicted molar refractivity (Wildman–Crippen MR) is 93.0 cm³/mol. The van der Waals surface area contributed by atoms with Gasteiger partial charge in [0.25, 0.3) is 0 Å². The number of nitrogens with zero attached hydrogens (tertiary/aromatic N) is 4. The SMILES string of the molecule is CC(C)c1ccnc(Nc2nc3c(s2)OCC(C)c2[nH]ncc2-3)n1. The van der Waals surface area contributed by atoms with Gasteiger partial charge >= 0.3 is 0 Å². The summed E-state index contributed by atoms with van der Waals surface area (Å²) < 4.78 is 5.91. The molecule has 4 rings (SSSR count). The second-order valence-electron chi connectivity index (χ2n) is 6.15. The fourth-order valence-electron chi connectivity index (χ4n) is 2.62. The summed E-state index contributed by atoms with van der Waals surface area (Å²) in [7, 11) is 0. The van der Waals surface area contributed by atoms with Crippen LogP contribution in [0.15, 0.2) is 18.5 Å². The van der Waals surface area contributed by atoms with Crippen LogP contribution in [0.4, 0.5) is 11.1 Å². The average Bonchev–Trinajstić information content (AvgIpc) is 3.17. The lowest BCUT2D eigenvalue weighted by Gasteiger charge is -2.07. The van der Waals surface area contributed by atoms with Gasteiger partial charge in [0.15, 0.2) is 5.13 Å². The highest BCUT2D eigenvalue weighted by Gasteiger charge is 2.26. The van der Waals surface area contributed by atoms with E-state index in [0.717, 1.165) is 27.7 Å². The highest BCUT2D eigenvalue weighted by atomic mass is 32.1. The van der Waals surface area contributed by atoms with Crippen molar-refractivity contribution in [2.75, 3.05) is 11.9 Å². The Kier molecular flexibility index (Phi) is 3.68. The summed E-state index contributed by atoms with van der Waals surface area (Å²) in [4.78, 5) is 13.5. The first-order chi connectivity index (χ1) is 11.6. The van der Waals surface area contributed by atoms with Crippen LogP contribution in [-0.4, -0.2) is 31.8 Å². The molecule has 24 heavy (non-hydrogen) atoms. The fourth-order valence-corrected chi connectivity index (χ4v) is 3.46. The summed E-state index contributed by atoms with van der Waals surface area (Å²) in [5, 5.41) is 11.9. The van der Waals surface area contributed by atoms with Gasteiger partial charge in [-0.25, -0.2) is 15.0 Å². The van der Waals surface area contributed by atoms with Crippen molar-refractivity contribution in [2.45, 2.75) is 32.6 Å². The van der Waals surface area contributed by atoms with Crippen molar-refractivity contribution >= 4 is 22.4 Å². The largest absolute Gasteiger partial charge is 0.482 e. The third-order valence-electron chi connectivity index (χ3n) is 3.96. The molecular weight excluding hydrogens is 324 g/mol. The molecule has 0 spiro atoms. The molecule has 0 fully saturated rings. The van der Waals surface area contributed by atoms with Gasteiger partial charge in [-0.05, 0) is 12.0 Å². The Bertz CT molecular complexity index is 871. The summed E-state index contributed by atoms with van der Waals surface area (Å²) in [6, 6.07) is 1.93. The Hall–Kier alpha value is -2.48. The quantitative estimate of drug-likeness (QED) is 0.755. The van der Waals surface area contributed by atoms with Crippen molar-refractivity contribution in [2.24, 2.45) is 0 Å². The van der Waals surface area contributed by atoms with E-state index in [9.17, 15) is 0 Å². The Morgan fingerprint density at radius 1 is 1.38 bits per heavy atom. The van der Waals surface area contributed by atoms with Crippen LogP contribution in [0.2, 0.25) is 0 Å². The van der Waals surface area contributed by atoms with Crippen LogP contribution < -0.4 is 10.1 Å². The Morgan fingerprint density at radius 2 is 2.25 bits per heavy atom. The van der Waals surface area contributed by atoms with Gasteiger partial charge in [0, 0.05) is 23.4 Å². The van der Waals surface area contributed by atoms with Crippen molar-refractivity contribution in [3.05, 3.63) is 29.8 Å². The van der Waals surface area contributed by atoms with Gasteiger partial charge in [-0.1, -0.05) is 32.1 Å². The van der Waals surface area contributed by atoms with E-state index in [1.807, 2.05) is 6.07 Å². The first-order valence-electron chi connectivity index (χ1n) is 7.89. The number of fused-ring (bicyclic) bond motifs is 3. The van der Waals surface area contributed by atoms with Crippen LogP contribution in [0.3, 0.4) is 0 Å². The van der Waals surface area contributed by atoms with Crippen LogP contribution in [0.25, 0.3) is 11.3 Å². The predicted octanol–water partition coefficient (Wildman–Crippen LogP) is 3.69.